The number of likely N-dealkylation sites (N-methyl/N-ethyl adjacent to an activating group) is 2. The van der Waals surface area contributed by atoms with Crippen LogP contribution in [-0.2, 0) is 0 Å². The lowest BCUT2D eigenvalue weighted by molar-refractivity contribution is 0.372. The van der Waals surface area contributed by atoms with Crippen LogP contribution in [0.25, 0.3) is 22.0 Å². The van der Waals surface area contributed by atoms with E-state index in [2.05, 4.69) is 65.7 Å². The summed E-state index contributed by atoms with van der Waals surface area (Å²) in [6.07, 6.45) is 0. The lowest BCUT2D eigenvalue weighted by Crippen LogP contribution is -2.24. The first-order valence-electron chi connectivity index (χ1n) is 8.71. The molecule has 1 aromatic heterocycles. The van der Waals surface area contributed by atoms with Gasteiger partial charge in [0.25, 0.3) is 5.56 Å². The zero-order valence-corrected chi connectivity index (χ0v) is 16.6. The molecule has 0 atom stereocenters. The number of benzene rings is 2. The van der Waals surface area contributed by atoms with Gasteiger partial charge in [-0.15, -0.1) is 0 Å². The normalized spacial score (nSPS) is 11.6. The molecule has 0 unspecified atom stereocenters. The van der Waals surface area contributed by atoms with Crippen LogP contribution in [0.3, 0.4) is 0 Å². The predicted molar refractivity (Wildman–Crippen MR) is 112 cm³/mol. The van der Waals surface area contributed by atoms with Crippen LogP contribution >= 0.6 is 11.9 Å². The maximum Gasteiger partial charge on any atom is 0.256 e. The van der Waals surface area contributed by atoms with Gasteiger partial charge in [0.15, 0.2) is 0 Å². The van der Waals surface area contributed by atoms with Crippen molar-refractivity contribution in [1.29, 1.82) is 0 Å². The number of nitrogens with one attached hydrogen (secondary N) is 1. The van der Waals surface area contributed by atoms with Gasteiger partial charge in [-0.25, -0.2) is 4.31 Å². The van der Waals surface area contributed by atoms with E-state index in [1.54, 1.807) is 11.9 Å². The van der Waals surface area contributed by atoms with Gasteiger partial charge in [-0.1, -0.05) is 24.3 Å². The molecular formula is C21H25N3OS. The van der Waals surface area contributed by atoms with Crippen LogP contribution < -0.4 is 5.56 Å². The van der Waals surface area contributed by atoms with Gasteiger partial charge in [0.2, 0.25) is 0 Å². The molecule has 0 saturated heterocycles. The minimum atomic E-state index is -0.0388. The minimum absolute atomic E-state index is 0.0388. The van der Waals surface area contributed by atoms with E-state index in [-0.39, 0.29) is 5.56 Å². The molecule has 26 heavy (non-hydrogen) atoms. The van der Waals surface area contributed by atoms with Crippen molar-refractivity contribution in [3.05, 3.63) is 64.4 Å². The van der Waals surface area contributed by atoms with Gasteiger partial charge < -0.3 is 9.88 Å². The molecule has 5 heteroatoms. The van der Waals surface area contributed by atoms with Gasteiger partial charge >= 0.3 is 0 Å². The molecule has 0 aliphatic carbocycles. The molecule has 1 heterocycles. The molecule has 0 bridgehead atoms. The van der Waals surface area contributed by atoms with E-state index in [0.717, 1.165) is 40.7 Å². The molecule has 0 aliphatic rings. The molecule has 0 spiro atoms. The quantitative estimate of drug-likeness (QED) is 0.669. The minimum Gasteiger partial charge on any atom is -0.321 e. The highest BCUT2D eigenvalue weighted by molar-refractivity contribution is 7.97. The number of aryl methyl sites for hydroxylation is 1. The Morgan fingerprint density at radius 1 is 0.962 bits per heavy atom. The van der Waals surface area contributed by atoms with E-state index in [1.165, 1.54) is 4.90 Å². The Bertz CT molecular complexity index is 948. The fourth-order valence-electron chi connectivity index (χ4n) is 2.86. The largest absolute Gasteiger partial charge is 0.321 e. The van der Waals surface area contributed by atoms with Crippen LogP contribution in [-0.4, -0.2) is 48.4 Å². The van der Waals surface area contributed by atoms with E-state index in [4.69, 9.17) is 0 Å². The summed E-state index contributed by atoms with van der Waals surface area (Å²) in [7, 11) is 6.27. The molecule has 0 radical (unpaired) electrons. The van der Waals surface area contributed by atoms with E-state index in [0.29, 0.717) is 0 Å². The second kappa shape index (κ2) is 8.08. The predicted octanol–water partition coefficient (Wildman–Crippen LogP) is 4.00. The maximum atomic E-state index is 12.4. The van der Waals surface area contributed by atoms with Gasteiger partial charge in [-0.3, -0.25) is 4.79 Å². The van der Waals surface area contributed by atoms with Gasteiger partial charge in [0.05, 0.1) is 0 Å². The highest BCUT2D eigenvalue weighted by atomic mass is 32.2. The van der Waals surface area contributed by atoms with Crippen LogP contribution in [0.2, 0.25) is 0 Å². The monoisotopic (exact) mass is 367 g/mol. The summed E-state index contributed by atoms with van der Waals surface area (Å²) in [4.78, 5) is 18.8. The molecule has 0 saturated carbocycles. The first kappa shape index (κ1) is 18.7. The first-order chi connectivity index (χ1) is 12.4. The lowest BCUT2D eigenvalue weighted by Gasteiger charge is -2.18. The Hall–Kier alpha value is -2.08. The van der Waals surface area contributed by atoms with Crippen LogP contribution in [0.1, 0.15) is 5.56 Å². The number of nitrogens with zero attached hydrogens (tertiary/aromatic N) is 2. The fraction of sp³-hybridized carbons (Fsp3) is 0.286. The standard InChI is InChI=1S/C21H25N3OS/c1-15-6-5-7-18-19(15)14-20(22-21(18)25)16-8-10-17(11-9-16)26-24(4)13-12-23(2)3/h5-11,14H,12-13H2,1-4H3,(H,22,25). The molecule has 0 fully saturated rings. The Labute approximate surface area is 159 Å². The van der Waals surface area contributed by atoms with Crippen molar-refractivity contribution in [1.82, 2.24) is 14.2 Å². The smallest absolute Gasteiger partial charge is 0.256 e. The average molecular weight is 368 g/mol. The molecule has 0 amide bonds. The van der Waals surface area contributed by atoms with Crippen molar-refractivity contribution in [2.75, 3.05) is 34.2 Å². The summed E-state index contributed by atoms with van der Waals surface area (Å²) in [5.41, 5.74) is 2.95. The second-order valence-corrected chi connectivity index (χ2v) is 8.10. The highest BCUT2D eigenvalue weighted by Crippen LogP contribution is 2.26. The Balaban J connectivity index is 1.82. The number of aromatic amines is 1. The molecular weight excluding hydrogens is 342 g/mol. The summed E-state index contributed by atoms with van der Waals surface area (Å²) in [5.74, 6) is 0. The number of H-pyrrole nitrogens is 1. The second-order valence-electron chi connectivity index (χ2n) is 6.82. The van der Waals surface area contributed by atoms with Crippen LogP contribution in [0.5, 0.6) is 0 Å². The van der Waals surface area contributed by atoms with Crippen LogP contribution in [0, 0.1) is 6.92 Å². The number of aromatic nitrogens is 1. The third-order valence-electron chi connectivity index (χ3n) is 4.39. The van der Waals surface area contributed by atoms with Crippen molar-refractivity contribution >= 4 is 22.7 Å². The molecule has 3 aromatic rings. The topological polar surface area (TPSA) is 39.3 Å². The van der Waals surface area contributed by atoms with Gasteiger partial charge in [0.1, 0.15) is 0 Å². The van der Waals surface area contributed by atoms with Crippen molar-refractivity contribution in [3.8, 4) is 11.3 Å². The Morgan fingerprint density at radius 3 is 2.38 bits per heavy atom. The number of fused-ring (bicyclic) bond motifs is 1. The van der Waals surface area contributed by atoms with Crippen LogP contribution in [0.15, 0.2) is 58.2 Å². The van der Waals surface area contributed by atoms with Gasteiger partial charge in [0, 0.05) is 29.1 Å². The number of pyridine rings is 1. The Morgan fingerprint density at radius 2 is 1.69 bits per heavy atom. The summed E-state index contributed by atoms with van der Waals surface area (Å²) >= 11 is 1.73. The van der Waals surface area contributed by atoms with E-state index >= 15 is 0 Å². The highest BCUT2D eigenvalue weighted by Gasteiger charge is 2.07. The zero-order valence-electron chi connectivity index (χ0n) is 15.7. The maximum absolute atomic E-state index is 12.4. The van der Waals surface area contributed by atoms with Crippen molar-refractivity contribution in [3.63, 3.8) is 0 Å². The van der Waals surface area contributed by atoms with Crippen molar-refractivity contribution in [2.45, 2.75) is 11.8 Å². The summed E-state index contributed by atoms with van der Waals surface area (Å²) in [6, 6.07) is 16.2. The molecule has 4 nitrogen and oxygen atoms in total. The molecule has 0 aliphatic heterocycles. The fourth-order valence-corrected chi connectivity index (χ4v) is 3.65. The van der Waals surface area contributed by atoms with E-state index in [1.807, 2.05) is 25.1 Å². The number of hydrogen-bond donors (Lipinski definition) is 1. The molecule has 2 aromatic carbocycles. The zero-order chi connectivity index (χ0) is 18.7. The van der Waals surface area contributed by atoms with E-state index in [9.17, 15) is 4.79 Å². The number of hydrogen-bond acceptors (Lipinski definition) is 4. The molecule has 136 valence electrons. The van der Waals surface area contributed by atoms with Crippen molar-refractivity contribution < 1.29 is 0 Å². The average Bonchev–Trinajstić information content (AvgIpc) is 2.61. The lowest BCUT2D eigenvalue weighted by atomic mass is 10.0. The Kier molecular flexibility index (Phi) is 5.81. The van der Waals surface area contributed by atoms with E-state index < -0.39 is 0 Å². The molecule has 3 rings (SSSR count). The van der Waals surface area contributed by atoms with Crippen LogP contribution in [0.4, 0.5) is 0 Å². The third kappa shape index (κ3) is 4.36. The molecule has 1 N–H and O–H groups in total. The summed E-state index contributed by atoms with van der Waals surface area (Å²) in [6.45, 7) is 4.06. The first-order valence-corrected chi connectivity index (χ1v) is 9.48. The number of rotatable bonds is 6. The summed E-state index contributed by atoms with van der Waals surface area (Å²) < 4.78 is 2.23. The third-order valence-corrected chi connectivity index (χ3v) is 5.37. The van der Waals surface area contributed by atoms with Crippen molar-refractivity contribution in [2.24, 2.45) is 0 Å². The summed E-state index contributed by atoms with van der Waals surface area (Å²) in [5, 5.41) is 1.75. The SMILES string of the molecule is Cc1cccc2c(=O)[nH]c(-c3ccc(SN(C)CCN(C)C)cc3)cc12. The van der Waals surface area contributed by atoms with Gasteiger partial charge in [-0.2, -0.15) is 0 Å². The van der Waals surface area contributed by atoms with Gasteiger partial charge in [-0.05, 0) is 80.8 Å².